The van der Waals surface area contributed by atoms with Gasteiger partial charge in [-0.2, -0.15) is 0 Å². The Morgan fingerprint density at radius 2 is 1.82 bits per heavy atom. The second-order valence-electron chi connectivity index (χ2n) is 3.93. The molecule has 3 heterocycles. The first-order valence-electron chi connectivity index (χ1n) is 4.56. The molecule has 3 aliphatic heterocycles. The molecule has 3 saturated heterocycles. The van der Waals surface area contributed by atoms with E-state index >= 15 is 0 Å². The largest absolute Gasteiger partial charge is 0.485 e. The normalized spacial score (nSPS) is 65.2. The molecule has 0 aromatic carbocycles. The molecule has 3 rings (SSSR count). The third kappa shape index (κ3) is 1.09. The zero-order valence-corrected chi connectivity index (χ0v) is 8.98. The molecular weight excluding hydrogens is 263 g/mol. The lowest BCUT2D eigenvalue weighted by molar-refractivity contribution is -0.526. The zero-order chi connectivity index (χ0) is 12.7. The minimum absolute atomic E-state index is 0.821. The fourth-order valence-electron chi connectivity index (χ4n) is 2.03. The summed E-state index contributed by atoms with van der Waals surface area (Å²) >= 11 is 0. The van der Waals surface area contributed by atoms with Crippen LogP contribution in [0.4, 0.5) is 0 Å². The van der Waals surface area contributed by atoms with Crippen molar-refractivity contribution in [1.29, 1.82) is 0 Å². The van der Waals surface area contributed by atoms with Gasteiger partial charge in [0.1, 0.15) is 12.2 Å². The fraction of sp³-hybridized carbons (Fsp3) is 1.00. The average Bonchev–Trinajstić information content (AvgIpc) is 2.54. The third-order valence-electron chi connectivity index (χ3n) is 2.89. The highest BCUT2D eigenvalue weighted by Crippen LogP contribution is 2.76. The molecule has 2 bridgehead atoms. The van der Waals surface area contributed by atoms with E-state index in [4.69, 9.17) is 5.11 Å². The van der Waals surface area contributed by atoms with Crippen LogP contribution in [0, 0.1) is 0 Å². The highest BCUT2D eigenvalue weighted by Gasteiger charge is 2.89. The molecule has 5 N–H and O–H groups in total. The number of fused-ring (bicyclic) bond motifs is 1. The monoisotopic (exact) mass is 272 g/mol. The topological polar surface area (TPSA) is 155 Å². The van der Waals surface area contributed by atoms with Crippen molar-refractivity contribution in [3.8, 4) is 0 Å². The van der Waals surface area contributed by atoms with Crippen molar-refractivity contribution >= 4 is 7.82 Å². The maximum Gasteiger partial charge on any atom is 0.485 e. The van der Waals surface area contributed by atoms with E-state index < -0.39 is 44.2 Å². The Labute approximate surface area is 93.5 Å². The molecule has 0 aromatic heterocycles. The molecule has 0 aromatic rings. The molecule has 17 heavy (non-hydrogen) atoms. The standard InChI is InChI=1S/C6H9O10P/c7-1-2-3(8)4(9)5(10)6(11,13-2)16-17(12,14-4)15-5/h2-3,7-11H,1H2/t2-,3-,4+,5-,6?,17?/m1/s1. The Bertz CT molecular complexity index is 427. The molecule has 0 amide bonds. The number of hydrogen-bond acceptors (Lipinski definition) is 10. The van der Waals surface area contributed by atoms with Crippen LogP contribution in [0.1, 0.15) is 0 Å². The molecule has 10 nitrogen and oxygen atoms in total. The van der Waals surface area contributed by atoms with Gasteiger partial charge in [-0.25, -0.2) is 18.1 Å². The first-order valence-corrected chi connectivity index (χ1v) is 6.02. The highest BCUT2D eigenvalue weighted by atomic mass is 31.2. The van der Waals surface area contributed by atoms with E-state index in [1.54, 1.807) is 0 Å². The molecule has 3 aliphatic rings. The molecule has 6 atom stereocenters. The lowest BCUT2D eigenvalue weighted by Crippen LogP contribution is -2.78. The van der Waals surface area contributed by atoms with Crippen LogP contribution >= 0.6 is 7.82 Å². The van der Waals surface area contributed by atoms with E-state index in [0.717, 1.165) is 0 Å². The van der Waals surface area contributed by atoms with Gasteiger partial charge in [0.05, 0.1) is 6.61 Å². The Kier molecular flexibility index (Phi) is 2.03. The van der Waals surface area contributed by atoms with Crippen molar-refractivity contribution in [2.45, 2.75) is 29.8 Å². The van der Waals surface area contributed by atoms with Gasteiger partial charge in [-0.15, -0.1) is 0 Å². The van der Waals surface area contributed by atoms with Gasteiger partial charge in [0.25, 0.3) is 5.79 Å². The van der Waals surface area contributed by atoms with E-state index in [2.05, 4.69) is 18.3 Å². The van der Waals surface area contributed by atoms with E-state index in [1.807, 2.05) is 0 Å². The number of hydrogen-bond donors (Lipinski definition) is 5. The molecule has 2 unspecified atom stereocenters. The Morgan fingerprint density at radius 1 is 1.18 bits per heavy atom. The van der Waals surface area contributed by atoms with E-state index in [0.29, 0.717) is 0 Å². The van der Waals surface area contributed by atoms with Crippen molar-refractivity contribution in [3.63, 3.8) is 0 Å². The van der Waals surface area contributed by atoms with Crippen LogP contribution in [0.2, 0.25) is 0 Å². The van der Waals surface area contributed by atoms with Crippen molar-refractivity contribution in [2.24, 2.45) is 0 Å². The summed E-state index contributed by atoms with van der Waals surface area (Å²) in [4.78, 5) is 0. The quantitative estimate of drug-likeness (QED) is 0.311. The first kappa shape index (κ1) is 11.9. The van der Waals surface area contributed by atoms with Crippen LogP contribution in [-0.2, 0) is 22.9 Å². The summed E-state index contributed by atoms with van der Waals surface area (Å²) in [5, 5.41) is 48.1. The Hall–Kier alpha value is -0.130. The van der Waals surface area contributed by atoms with Crippen LogP contribution in [0.3, 0.4) is 0 Å². The van der Waals surface area contributed by atoms with Gasteiger partial charge in [-0.05, 0) is 0 Å². The molecular formula is C6H9O10P. The minimum atomic E-state index is -4.44. The van der Waals surface area contributed by atoms with E-state index in [-0.39, 0.29) is 0 Å². The summed E-state index contributed by atoms with van der Waals surface area (Å²) in [5.41, 5.74) is 0. The zero-order valence-electron chi connectivity index (χ0n) is 8.09. The van der Waals surface area contributed by atoms with Crippen molar-refractivity contribution in [1.82, 2.24) is 0 Å². The second kappa shape index (κ2) is 2.89. The van der Waals surface area contributed by atoms with Crippen LogP contribution < -0.4 is 0 Å². The molecule has 0 radical (unpaired) electrons. The third-order valence-corrected chi connectivity index (χ3v) is 4.35. The number of ether oxygens (including phenoxy) is 1. The van der Waals surface area contributed by atoms with Gasteiger partial charge in [0.2, 0.25) is 0 Å². The summed E-state index contributed by atoms with van der Waals surface area (Å²) < 4.78 is 29.4. The van der Waals surface area contributed by atoms with Crippen LogP contribution in [0.15, 0.2) is 0 Å². The molecule has 0 spiro atoms. The first-order chi connectivity index (χ1) is 7.70. The summed E-state index contributed by atoms with van der Waals surface area (Å²) in [6, 6.07) is 0. The van der Waals surface area contributed by atoms with Crippen LogP contribution in [0.25, 0.3) is 0 Å². The predicted molar refractivity (Wildman–Crippen MR) is 43.7 cm³/mol. The Balaban J connectivity index is 2.15. The summed E-state index contributed by atoms with van der Waals surface area (Å²) in [6.45, 7) is -0.821. The lowest BCUT2D eigenvalue weighted by Gasteiger charge is -2.50. The number of rotatable bonds is 1. The molecule has 3 fully saturated rings. The van der Waals surface area contributed by atoms with E-state index in [1.165, 1.54) is 0 Å². The van der Waals surface area contributed by atoms with Crippen LogP contribution in [0.5, 0.6) is 0 Å². The van der Waals surface area contributed by atoms with E-state index in [9.17, 15) is 25.0 Å². The molecule has 98 valence electrons. The van der Waals surface area contributed by atoms with Gasteiger partial charge < -0.3 is 30.3 Å². The Morgan fingerprint density at radius 3 is 2.35 bits per heavy atom. The summed E-state index contributed by atoms with van der Waals surface area (Å²) in [6.07, 6.45) is -3.53. The maximum absolute atomic E-state index is 11.6. The minimum Gasteiger partial charge on any atom is -0.394 e. The molecule has 0 saturated carbocycles. The maximum atomic E-state index is 11.6. The van der Waals surface area contributed by atoms with Crippen molar-refractivity contribution < 1.29 is 48.4 Å². The molecule has 0 aliphatic carbocycles. The van der Waals surface area contributed by atoms with Gasteiger partial charge in [0.15, 0.2) is 0 Å². The number of phosphoric acid groups is 1. The fourth-order valence-corrected chi connectivity index (χ4v) is 3.75. The van der Waals surface area contributed by atoms with Crippen molar-refractivity contribution in [3.05, 3.63) is 0 Å². The lowest BCUT2D eigenvalue weighted by atomic mass is 9.90. The summed E-state index contributed by atoms with van der Waals surface area (Å²) in [7, 11) is -4.44. The number of aliphatic hydroxyl groups excluding tert-OH is 2. The number of aliphatic hydroxyl groups is 5. The smallest absolute Gasteiger partial charge is 0.394 e. The second-order valence-corrected chi connectivity index (χ2v) is 5.37. The van der Waals surface area contributed by atoms with Gasteiger partial charge in [-0.1, -0.05) is 0 Å². The van der Waals surface area contributed by atoms with Crippen molar-refractivity contribution in [2.75, 3.05) is 6.61 Å². The van der Waals surface area contributed by atoms with Gasteiger partial charge >= 0.3 is 19.6 Å². The number of phosphoric ester groups is 1. The van der Waals surface area contributed by atoms with Crippen LogP contribution in [-0.4, -0.2) is 61.9 Å². The SMILES string of the molecule is O=P12OC3(O)O[C@H](CO)[C@@H](O)[C@](O)(O1)[C@@]3(O)O2. The summed E-state index contributed by atoms with van der Waals surface area (Å²) in [5.74, 6) is -9.00. The highest BCUT2D eigenvalue weighted by molar-refractivity contribution is 7.49. The average molecular weight is 272 g/mol. The van der Waals surface area contributed by atoms with Gasteiger partial charge in [0, 0.05) is 0 Å². The van der Waals surface area contributed by atoms with Gasteiger partial charge in [-0.3, -0.25) is 0 Å². The molecule has 11 heteroatoms. The predicted octanol–water partition coefficient (Wildman–Crippen LogP) is -3.05.